The van der Waals surface area contributed by atoms with Crippen molar-refractivity contribution in [1.29, 1.82) is 0 Å². The third kappa shape index (κ3) is 2.91. The van der Waals surface area contributed by atoms with Gasteiger partial charge in [0, 0.05) is 6.42 Å². The minimum atomic E-state index is -0.0795. The van der Waals surface area contributed by atoms with Gasteiger partial charge in [-0.25, -0.2) is 0 Å². The molecule has 2 heteroatoms. The van der Waals surface area contributed by atoms with Gasteiger partial charge in [-0.05, 0) is 18.9 Å². The fourth-order valence-corrected chi connectivity index (χ4v) is 1.09. The topological polar surface area (TPSA) is 26.3 Å². The molecule has 1 aliphatic heterocycles. The predicted molar refractivity (Wildman–Crippen MR) is 47.7 cm³/mol. The van der Waals surface area contributed by atoms with Crippen LogP contribution in [0.15, 0.2) is 24.3 Å². The second-order valence-electron chi connectivity index (χ2n) is 2.79. The van der Waals surface area contributed by atoms with Gasteiger partial charge in [0.1, 0.15) is 6.10 Å². The molecule has 0 aromatic rings. The van der Waals surface area contributed by atoms with Gasteiger partial charge in [-0.2, -0.15) is 0 Å². The Morgan fingerprint density at radius 3 is 3.00 bits per heavy atom. The lowest BCUT2D eigenvalue weighted by Crippen LogP contribution is -2.01. The van der Waals surface area contributed by atoms with Gasteiger partial charge in [0.25, 0.3) is 0 Å². The molecule has 0 aliphatic carbocycles. The molecule has 1 unspecified atom stereocenters. The van der Waals surface area contributed by atoms with Crippen LogP contribution in [0.4, 0.5) is 0 Å². The summed E-state index contributed by atoms with van der Waals surface area (Å²) in [5.74, 6) is -0.0795. The number of rotatable bonds is 3. The molecule has 0 radical (unpaired) electrons. The van der Waals surface area contributed by atoms with E-state index in [9.17, 15) is 4.79 Å². The van der Waals surface area contributed by atoms with E-state index in [2.05, 4.69) is 13.0 Å². The van der Waals surface area contributed by atoms with Crippen molar-refractivity contribution in [1.82, 2.24) is 0 Å². The van der Waals surface area contributed by atoms with Crippen LogP contribution >= 0.6 is 0 Å². The Morgan fingerprint density at radius 2 is 2.42 bits per heavy atom. The highest BCUT2D eigenvalue weighted by atomic mass is 16.5. The number of carbonyl (C=O) groups excluding carboxylic acids is 1. The molecule has 0 spiro atoms. The normalized spacial score (nSPS) is 24.1. The molecule has 12 heavy (non-hydrogen) atoms. The monoisotopic (exact) mass is 166 g/mol. The van der Waals surface area contributed by atoms with Gasteiger partial charge >= 0.3 is 5.97 Å². The number of esters is 1. The number of carbonyl (C=O) groups is 1. The Hall–Kier alpha value is -1.05. The van der Waals surface area contributed by atoms with Crippen LogP contribution in [0.2, 0.25) is 0 Å². The SMILES string of the molecule is CCC=CC=CC1CCC(=O)O1. The lowest BCUT2D eigenvalue weighted by molar-refractivity contribution is -0.139. The van der Waals surface area contributed by atoms with Crippen LogP contribution in [0.3, 0.4) is 0 Å². The minimum absolute atomic E-state index is 0.0130. The van der Waals surface area contributed by atoms with Gasteiger partial charge in [-0.1, -0.05) is 25.2 Å². The van der Waals surface area contributed by atoms with Gasteiger partial charge in [0.2, 0.25) is 0 Å². The molecule has 0 bridgehead atoms. The lowest BCUT2D eigenvalue weighted by Gasteiger charge is -1.99. The summed E-state index contributed by atoms with van der Waals surface area (Å²) in [5, 5.41) is 0. The van der Waals surface area contributed by atoms with Crippen molar-refractivity contribution >= 4 is 5.97 Å². The molecule has 0 saturated carbocycles. The van der Waals surface area contributed by atoms with E-state index in [0.717, 1.165) is 12.8 Å². The molecule has 1 atom stereocenters. The Bertz CT molecular complexity index is 204. The van der Waals surface area contributed by atoms with Crippen molar-refractivity contribution in [2.45, 2.75) is 32.3 Å². The van der Waals surface area contributed by atoms with Gasteiger partial charge in [0.05, 0.1) is 0 Å². The van der Waals surface area contributed by atoms with Gasteiger partial charge < -0.3 is 4.74 Å². The van der Waals surface area contributed by atoms with Crippen molar-refractivity contribution in [3.05, 3.63) is 24.3 Å². The van der Waals surface area contributed by atoms with E-state index < -0.39 is 0 Å². The highest BCUT2D eigenvalue weighted by Gasteiger charge is 2.19. The summed E-state index contributed by atoms with van der Waals surface area (Å²) in [5.41, 5.74) is 0. The summed E-state index contributed by atoms with van der Waals surface area (Å²) >= 11 is 0. The average molecular weight is 166 g/mol. The van der Waals surface area contributed by atoms with Crippen LogP contribution in [0.1, 0.15) is 26.2 Å². The van der Waals surface area contributed by atoms with E-state index in [1.54, 1.807) is 0 Å². The molecule has 1 fully saturated rings. The molecular formula is C10H14O2. The molecule has 0 aromatic carbocycles. The third-order valence-corrected chi connectivity index (χ3v) is 1.72. The maximum Gasteiger partial charge on any atom is 0.306 e. The number of hydrogen-bond donors (Lipinski definition) is 0. The maximum atomic E-state index is 10.7. The summed E-state index contributed by atoms with van der Waals surface area (Å²) in [7, 11) is 0. The smallest absolute Gasteiger partial charge is 0.306 e. The van der Waals surface area contributed by atoms with E-state index in [1.165, 1.54) is 0 Å². The van der Waals surface area contributed by atoms with Crippen LogP contribution in [0, 0.1) is 0 Å². The van der Waals surface area contributed by atoms with Crippen molar-refractivity contribution in [3.63, 3.8) is 0 Å². The van der Waals surface area contributed by atoms with Gasteiger partial charge in [-0.3, -0.25) is 4.79 Å². The molecule has 0 amide bonds. The molecule has 1 rings (SSSR count). The van der Waals surface area contributed by atoms with Crippen molar-refractivity contribution < 1.29 is 9.53 Å². The molecule has 1 aliphatic rings. The Kier molecular flexibility index (Phi) is 3.58. The first-order valence-electron chi connectivity index (χ1n) is 4.35. The van der Waals surface area contributed by atoms with Crippen LogP contribution in [-0.2, 0) is 9.53 Å². The van der Waals surface area contributed by atoms with Crippen LogP contribution in [0.25, 0.3) is 0 Å². The quantitative estimate of drug-likeness (QED) is 0.474. The highest BCUT2D eigenvalue weighted by Crippen LogP contribution is 2.14. The summed E-state index contributed by atoms with van der Waals surface area (Å²) in [6.45, 7) is 2.08. The zero-order valence-corrected chi connectivity index (χ0v) is 7.32. The zero-order valence-electron chi connectivity index (χ0n) is 7.32. The lowest BCUT2D eigenvalue weighted by atomic mass is 10.2. The average Bonchev–Trinajstić information content (AvgIpc) is 2.45. The number of allylic oxidation sites excluding steroid dienone is 3. The summed E-state index contributed by atoms with van der Waals surface area (Å²) in [6.07, 6.45) is 10.3. The fraction of sp³-hybridized carbons (Fsp3) is 0.500. The van der Waals surface area contributed by atoms with E-state index in [0.29, 0.717) is 6.42 Å². The Balaban J connectivity index is 2.27. The number of cyclic esters (lactones) is 1. The molecule has 1 heterocycles. The second kappa shape index (κ2) is 4.75. The Labute approximate surface area is 72.9 Å². The van der Waals surface area contributed by atoms with Crippen molar-refractivity contribution in [2.75, 3.05) is 0 Å². The standard InChI is InChI=1S/C10H14O2/c1-2-3-4-5-6-9-7-8-10(11)12-9/h3-6,9H,2,7-8H2,1H3. The molecule has 1 saturated heterocycles. The maximum absolute atomic E-state index is 10.7. The first-order chi connectivity index (χ1) is 5.83. The van der Waals surface area contributed by atoms with E-state index in [1.807, 2.05) is 18.2 Å². The Morgan fingerprint density at radius 1 is 1.58 bits per heavy atom. The fourth-order valence-electron chi connectivity index (χ4n) is 1.09. The number of ether oxygens (including phenoxy) is 1. The zero-order chi connectivity index (χ0) is 8.81. The summed E-state index contributed by atoms with van der Waals surface area (Å²) in [4.78, 5) is 10.7. The van der Waals surface area contributed by atoms with Crippen molar-refractivity contribution in [2.24, 2.45) is 0 Å². The summed E-state index contributed by atoms with van der Waals surface area (Å²) in [6, 6.07) is 0. The highest BCUT2D eigenvalue weighted by molar-refractivity contribution is 5.71. The number of hydrogen-bond acceptors (Lipinski definition) is 2. The second-order valence-corrected chi connectivity index (χ2v) is 2.79. The molecule has 66 valence electrons. The minimum Gasteiger partial charge on any atom is -0.458 e. The van der Waals surface area contributed by atoms with E-state index >= 15 is 0 Å². The van der Waals surface area contributed by atoms with Gasteiger partial charge in [0.15, 0.2) is 0 Å². The van der Waals surface area contributed by atoms with E-state index in [-0.39, 0.29) is 12.1 Å². The first-order valence-corrected chi connectivity index (χ1v) is 4.35. The van der Waals surface area contributed by atoms with E-state index in [4.69, 9.17) is 4.74 Å². The van der Waals surface area contributed by atoms with Gasteiger partial charge in [-0.15, -0.1) is 0 Å². The van der Waals surface area contributed by atoms with Crippen LogP contribution in [0.5, 0.6) is 0 Å². The molecule has 0 aromatic heterocycles. The summed E-state index contributed by atoms with van der Waals surface area (Å²) < 4.78 is 4.98. The largest absolute Gasteiger partial charge is 0.458 e. The van der Waals surface area contributed by atoms with Crippen LogP contribution < -0.4 is 0 Å². The van der Waals surface area contributed by atoms with Crippen LogP contribution in [-0.4, -0.2) is 12.1 Å². The first kappa shape index (κ1) is 9.04. The molecule has 2 nitrogen and oxygen atoms in total. The molecular weight excluding hydrogens is 152 g/mol. The molecule has 0 N–H and O–H groups in total. The third-order valence-electron chi connectivity index (χ3n) is 1.72. The predicted octanol–water partition coefficient (Wildman–Crippen LogP) is 2.21. The van der Waals surface area contributed by atoms with Crippen molar-refractivity contribution in [3.8, 4) is 0 Å².